The first-order valence-electron chi connectivity index (χ1n) is 4.03. The van der Waals surface area contributed by atoms with Gasteiger partial charge in [-0.1, -0.05) is 13.0 Å². The van der Waals surface area contributed by atoms with E-state index >= 15 is 0 Å². The Morgan fingerprint density at radius 2 is 2.23 bits per heavy atom. The van der Waals surface area contributed by atoms with Gasteiger partial charge in [0.1, 0.15) is 0 Å². The highest BCUT2D eigenvalue weighted by molar-refractivity contribution is 5.85. The quantitative estimate of drug-likeness (QED) is 0.767. The molecule has 13 heavy (non-hydrogen) atoms. The van der Waals surface area contributed by atoms with Crippen molar-refractivity contribution in [2.24, 2.45) is 5.73 Å². The van der Waals surface area contributed by atoms with Gasteiger partial charge in [-0.15, -0.1) is 12.4 Å². The van der Waals surface area contributed by atoms with Gasteiger partial charge in [-0.2, -0.15) is 0 Å². The van der Waals surface area contributed by atoms with Gasteiger partial charge in [0.2, 0.25) is 0 Å². The van der Waals surface area contributed by atoms with E-state index < -0.39 is 0 Å². The van der Waals surface area contributed by atoms with E-state index in [-0.39, 0.29) is 31.0 Å². The highest BCUT2D eigenvalue weighted by Gasteiger charge is 2.13. The van der Waals surface area contributed by atoms with E-state index in [1.165, 1.54) is 0 Å². The predicted octanol–water partition coefficient (Wildman–Crippen LogP) is 0.926. The molecule has 1 aromatic rings. The molecule has 3 nitrogen and oxygen atoms in total. The van der Waals surface area contributed by atoms with Crippen LogP contribution >= 0.6 is 12.4 Å². The topological polar surface area (TPSA) is 59.1 Å². The van der Waals surface area contributed by atoms with Crippen LogP contribution < -0.4 is 5.73 Å². The van der Waals surface area contributed by atoms with Gasteiger partial charge in [0.15, 0.2) is 0 Å². The van der Waals surface area contributed by atoms with Crippen molar-refractivity contribution in [2.45, 2.75) is 18.9 Å². The fraction of sp³-hybridized carbons (Fsp3) is 0.444. The van der Waals surface area contributed by atoms with E-state index in [1.54, 1.807) is 6.20 Å². The molecule has 0 radical (unpaired) electrons. The smallest absolute Gasteiger partial charge is 0.0589 e. The monoisotopic (exact) mass is 202 g/mol. The predicted molar refractivity (Wildman–Crippen MR) is 55.0 cm³/mol. The Hall–Kier alpha value is -0.640. The molecular weight excluding hydrogens is 188 g/mol. The van der Waals surface area contributed by atoms with Crippen LogP contribution in [0.5, 0.6) is 0 Å². The molecule has 0 amide bonds. The van der Waals surface area contributed by atoms with Gasteiger partial charge in [-0.3, -0.25) is 4.98 Å². The molecule has 1 heterocycles. The van der Waals surface area contributed by atoms with Crippen LogP contribution in [0.4, 0.5) is 0 Å². The van der Waals surface area contributed by atoms with E-state index in [9.17, 15) is 0 Å². The number of nitrogens with two attached hydrogens (primary N) is 1. The molecule has 0 bridgehead atoms. The van der Waals surface area contributed by atoms with Crippen molar-refractivity contribution in [2.75, 3.05) is 6.61 Å². The molecule has 4 heteroatoms. The number of hydrogen-bond donors (Lipinski definition) is 2. The lowest BCUT2D eigenvalue weighted by atomic mass is 9.99. The fourth-order valence-electron chi connectivity index (χ4n) is 1.02. The van der Waals surface area contributed by atoms with E-state index in [1.807, 2.05) is 25.1 Å². The van der Waals surface area contributed by atoms with Crippen molar-refractivity contribution in [3.8, 4) is 0 Å². The van der Waals surface area contributed by atoms with E-state index in [2.05, 4.69) is 4.98 Å². The molecule has 3 N–H and O–H groups in total. The van der Waals surface area contributed by atoms with Crippen LogP contribution in [0.25, 0.3) is 0 Å². The normalized spacial score (nSPS) is 14.4. The SMILES string of the molecule is CC(c1ccccn1)[C@@H](N)CO.Cl. The number of aliphatic hydroxyl groups excluding tert-OH is 1. The number of rotatable bonds is 3. The molecule has 1 unspecified atom stereocenters. The number of aliphatic hydroxyl groups is 1. The minimum absolute atomic E-state index is 0. The number of halogens is 1. The Morgan fingerprint density at radius 3 is 2.69 bits per heavy atom. The zero-order valence-corrected chi connectivity index (χ0v) is 8.37. The van der Waals surface area contributed by atoms with Gasteiger partial charge in [-0.05, 0) is 12.1 Å². The Morgan fingerprint density at radius 1 is 1.54 bits per heavy atom. The lowest BCUT2D eigenvalue weighted by Crippen LogP contribution is -2.30. The fourth-order valence-corrected chi connectivity index (χ4v) is 1.02. The Kier molecular flexibility index (Phi) is 5.62. The Balaban J connectivity index is 0.00000144. The summed E-state index contributed by atoms with van der Waals surface area (Å²) in [5.74, 6) is 0.108. The summed E-state index contributed by atoms with van der Waals surface area (Å²) < 4.78 is 0. The molecular formula is C9H15ClN2O. The van der Waals surface area contributed by atoms with Crippen LogP contribution in [0.15, 0.2) is 24.4 Å². The summed E-state index contributed by atoms with van der Waals surface area (Å²) in [4.78, 5) is 4.16. The second kappa shape index (κ2) is 5.91. The Bertz CT molecular complexity index is 230. The van der Waals surface area contributed by atoms with Gasteiger partial charge >= 0.3 is 0 Å². The minimum Gasteiger partial charge on any atom is -0.395 e. The van der Waals surface area contributed by atoms with Crippen LogP contribution in [0.2, 0.25) is 0 Å². The van der Waals surface area contributed by atoms with Gasteiger partial charge in [-0.25, -0.2) is 0 Å². The molecule has 0 spiro atoms. The average molecular weight is 203 g/mol. The summed E-state index contributed by atoms with van der Waals surface area (Å²) >= 11 is 0. The van der Waals surface area contributed by atoms with Crippen molar-refractivity contribution in [3.63, 3.8) is 0 Å². The maximum absolute atomic E-state index is 8.81. The van der Waals surface area contributed by atoms with E-state index in [4.69, 9.17) is 10.8 Å². The van der Waals surface area contributed by atoms with E-state index in [0.29, 0.717) is 0 Å². The van der Waals surface area contributed by atoms with Crippen LogP contribution in [-0.2, 0) is 0 Å². The number of pyridine rings is 1. The van der Waals surface area contributed by atoms with Gasteiger partial charge in [0, 0.05) is 23.9 Å². The van der Waals surface area contributed by atoms with Crippen LogP contribution in [0.1, 0.15) is 18.5 Å². The minimum atomic E-state index is -0.222. The van der Waals surface area contributed by atoms with E-state index in [0.717, 1.165) is 5.69 Å². The number of hydrogen-bond acceptors (Lipinski definition) is 3. The summed E-state index contributed by atoms with van der Waals surface area (Å²) in [6.45, 7) is 1.96. The largest absolute Gasteiger partial charge is 0.395 e. The molecule has 0 aromatic carbocycles. The second-order valence-electron chi connectivity index (χ2n) is 2.89. The third-order valence-corrected chi connectivity index (χ3v) is 2.01. The lowest BCUT2D eigenvalue weighted by Gasteiger charge is -2.16. The third kappa shape index (κ3) is 3.30. The summed E-state index contributed by atoms with van der Waals surface area (Å²) in [6, 6.07) is 5.48. The summed E-state index contributed by atoms with van der Waals surface area (Å²) in [6.07, 6.45) is 1.73. The molecule has 1 aromatic heterocycles. The molecule has 2 atom stereocenters. The van der Waals surface area contributed by atoms with Crippen LogP contribution in [-0.4, -0.2) is 22.7 Å². The molecule has 0 fully saturated rings. The third-order valence-electron chi connectivity index (χ3n) is 2.01. The van der Waals surface area contributed by atoms with Crippen molar-refractivity contribution in [1.82, 2.24) is 4.98 Å². The maximum atomic E-state index is 8.81. The highest BCUT2D eigenvalue weighted by atomic mass is 35.5. The summed E-state index contributed by atoms with van der Waals surface area (Å²) in [7, 11) is 0. The molecule has 0 saturated carbocycles. The van der Waals surface area contributed by atoms with Crippen LogP contribution in [0.3, 0.4) is 0 Å². The van der Waals surface area contributed by atoms with Crippen molar-refractivity contribution >= 4 is 12.4 Å². The first-order valence-corrected chi connectivity index (χ1v) is 4.03. The second-order valence-corrected chi connectivity index (χ2v) is 2.89. The average Bonchev–Trinajstić information content (AvgIpc) is 2.17. The maximum Gasteiger partial charge on any atom is 0.0589 e. The number of aromatic nitrogens is 1. The first-order chi connectivity index (χ1) is 5.75. The van der Waals surface area contributed by atoms with Crippen LogP contribution in [0, 0.1) is 0 Å². The molecule has 0 aliphatic carbocycles. The summed E-state index contributed by atoms with van der Waals surface area (Å²) in [5.41, 5.74) is 6.59. The molecule has 0 saturated heterocycles. The van der Waals surface area contributed by atoms with Gasteiger partial charge < -0.3 is 10.8 Å². The van der Waals surface area contributed by atoms with Crippen molar-refractivity contribution < 1.29 is 5.11 Å². The van der Waals surface area contributed by atoms with Gasteiger partial charge in [0.25, 0.3) is 0 Å². The zero-order valence-electron chi connectivity index (χ0n) is 7.55. The van der Waals surface area contributed by atoms with Crippen molar-refractivity contribution in [3.05, 3.63) is 30.1 Å². The standard InChI is InChI=1S/C9H14N2O.ClH/c1-7(8(10)6-12)9-4-2-3-5-11-9;/h2-5,7-8,12H,6,10H2,1H3;1H/t7?,8-;/m0./s1. The summed E-state index contributed by atoms with van der Waals surface area (Å²) in [5, 5.41) is 8.81. The zero-order chi connectivity index (χ0) is 8.97. The van der Waals surface area contributed by atoms with Gasteiger partial charge in [0.05, 0.1) is 6.61 Å². The van der Waals surface area contributed by atoms with Crippen molar-refractivity contribution in [1.29, 1.82) is 0 Å². The number of nitrogens with zero attached hydrogens (tertiary/aromatic N) is 1. The Labute approximate surface area is 84.4 Å². The molecule has 0 aliphatic rings. The molecule has 1 rings (SSSR count). The lowest BCUT2D eigenvalue weighted by molar-refractivity contribution is 0.251. The highest BCUT2D eigenvalue weighted by Crippen LogP contribution is 2.14. The molecule has 74 valence electrons. The first kappa shape index (κ1) is 12.4. The molecule has 0 aliphatic heterocycles.